The molecule has 9 heteroatoms. The maximum atomic E-state index is 11.9. The third-order valence-corrected chi connectivity index (χ3v) is 4.08. The van der Waals surface area contributed by atoms with Crippen LogP contribution in [0.25, 0.3) is 0 Å². The van der Waals surface area contributed by atoms with Gasteiger partial charge in [-0.1, -0.05) is 0 Å². The third-order valence-electron chi connectivity index (χ3n) is 3.49. The van der Waals surface area contributed by atoms with Gasteiger partial charge in [0.1, 0.15) is 6.07 Å². The van der Waals surface area contributed by atoms with Gasteiger partial charge in [-0.05, 0) is 40.5 Å². The van der Waals surface area contributed by atoms with E-state index in [1.165, 1.54) is 6.21 Å². The summed E-state index contributed by atoms with van der Waals surface area (Å²) in [6.45, 7) is 5.29. The Morgan fingerprint density at radius 2 is 2.23 bits per heavy atom. The van der Waals surface area contributed by atoms with Crippen LogP contribution in [0.4, 0.5) is 0 Å². The van der Waals surface area contributed by atoms with Crippen molar-refractivity contribution >= 4 is 28.1 Å². The SMILES string of the molecule is CCOc1cc(/C=N/NC(=O)CN2CCOCC2)cc(Br)c1OCC#N. The van der Waals surface area contributed by atoms with E-state index in [2.05, 4.69) is 26.5 Å². The number of morpholine rings is 1. The van der Waals surface area contributed by atoms with Gasteiger partial charge >= 0.3 is 0 Å². The second kappa shape index (κ2) is 10.8. The molecule has 26 heavy (non-hydrogen) atoms. The van der Waals surface area contributed by atoms with Crippen LogP contribution < -0.4 is 14.9 Å². The van der Waals surface area contributed by atoms with Crippen LogP contribution in [0.5, 0.6) is 11.5 Å². The summed E-state index contributed by atoms with van der Waals surface area (Å²) in [7, 11) is 0. The van der Waals surface area contributed by atoms with Crippen molar-refractivity contribution in [2.45, 2.75) is 6.92 Å². The maximum Gasteiger partial charge on any atom is 0.254 e. The number of halogens is 1. The highest BCUT2D eigenvalue weighted by Gasteiger charge is 2.14. The van der Waals surface area contributed by atoms with Gasteiger partial charge in [0.25, 0.3) is 5.91 Å². The van der Waals surface area contributed by atoms with E-state index >= 15 is 0 Å². The summed E-state index contributed by atoms with van der Waals surface area (Å²) in [5.74, 6) is 0.779. The predicted octanol–water partition coefficient (Wildman–Crippen LogP) is 1.53. The topological polar surface area (TPSA) is 96.2 Å². The van der Waals surface area contributed by atoms with Gasteiger partial charge in [0.15, 0.2) is 18.1 Å². The second-order valence-corrected chi connectivity index (χ2v) is 6.25. The first-order valence-corrected chi connectivity index (χ1v) is 9.01. The van der Waals surface area contributed by atoms with Crippen molar-refractivity contribution in [3.05, 3.63) is 22.2 Å². The number of hydrogen-bond donors (Lipinski definition) is 1. The van der Waals surface area contributed by atoms with E-state index in [1.807, 2.05) is 17.9 Å². The lowest BCUT2D eigenvalue weighted by Crippen LogP contribution is -2.42. The zero-order valence-corrected chi connectivity index (χ0v) is 16.1. The molecule has 1 saturated heterocycles. The van der Waals surface area contributed by atoms with Crippen LogP contribution in [-0.4, -0.2) is 63.1 Å². The molecule has 0 atom stereocenters. The highest BCUT2D eigenvalue weighted by atomic mass is 79.9. The van der Waals surface area contributed by atoms with E-state index in [-0.39, 0.29) is 19.1 Å². The molecule has 1 aliphatic heterocycles. The molecule has 1 aromatic rings. The number of ether oxygens (including phenoxy) is 3. The number of amides is 1. The molecule has 1 aliphatic rings. The molecule has 0 saturated carbocycles. The number of carbonyl (C=O) groups excluding carboxylic acids is 1. The minimum atomic E-state index is -0.179. The van der Waals surface area contributed by atoms with Crippen LogP contribution in [0, 0.1) is 11.3 Å². The van der Waals surface area contributed by atoms with E-state index in [4.69, 9.17) is 19.5 Å². The molecule has 8 nitrogen and oxygen atoms in total. The number of nitrogens with zero attached hydrogens (tertiary/aromatic N) is 3. The fourth-order valence-electron chi connectivity index (χ4n) is 2.35. The van der Waals surface area contributed by atoms with Crippen LogP contribution >= 0.6 is 15.9 Å². The van der Waals surface area contributed by atoms with Gasteiger partial charge in [-0.2, -0.15) is 10.4 Å². The number of hydrazone groups is 1. The van der Waals surface area contributed by atoms with Crippen LogP contribution in [-0.2, 0) is 9.53 Å². The lowest BCUT2D eigenvalue weighted by Gasteiger charge is -2.25. The molecule has 0 aliphatic carbocycles. The summed E-state index contributed by atoms with van der Waals surface area (Å²) in [6, 6.07) is 5.43. The van der Waals surface area contributed by atoms with E-state index in [0.717, 1.165) is 18.7 Å². The van der Waals surface area contributed by atoms with Crippen molar-refractivity contribution in [1.29, 1.82) is 5.26 Å². The molecular formula is C17H21BrN4O4. The number of nitriles is 1. The van der Waals surface area contributed by atoms with Crippen molar-refractivity contribution in [3.8, 4) is 17.6 Å². The molecule has 0 unspecified atom stereocenters. The predicted molar refractivity (Wildman–Crippen MR) is 99.4 cm³/mol. The van der Waals surface area contributed by atoms with E-state index in [0.29, 0.717) is 35.8 Å². The molecule has 1 heterocycles. The molecule has 1 aromatic carbocycles. The lowest BCUT2D eigenvalue weighted by molar-refractivity contribution is -0.123. The number of nitrogens with one attached hydrogen (secondary N) is 1. The Labute approximate surface area is 160 Å². The number of carbonyl (C=O) groups is 1. The highest BCUT2D eigenvalue weighted by molar-refractivity contribution is 9.10. The molecule has 2 rings (SSSR count). The number of benzene rings is 1. The summed E-state index contributed by atoms with van der Waals surface area (Å²) in [4.78, 5) is 13.9. The van der Waals surface area contributed by atoms with Gasteiger partial charge in [-0.3, -0.25) is 9.69 Å². The maximum absolute atomic E-state index is 11.9. The fourth-order valence-corrected chi connectivity index (χ4v) is 2.92. The molecular weight excluding hydrogens is 404 g/mol. The fraction of sp³-hybridized carbons (Fsp3) is 0.471. The minimum Gasteiger partial charge on any atom is -0.490 e. The van der Waals surface area contributed by atoms with Crippen molar-refractivity contribution in [3.63, 3.8) is 0 Å². The Balaban J connectivity index is 1.97. The Kier molecular flexibility index (Phi) is 8.34. The van der Waals surface area contributed by atoms with Crippen molar-refractivity contribution in [2.24, 2.45) is 5.10 Å². The zero-order chi connectivity index (χ0) is 18.8. The Hall–Kier alpha value is -2.15. The number of rotatable bonds is 8. The van der Waals surface area contributed by atoms with E-state index < -0.39 is 0 Å². The summed E-state index contributed by atoms with van der Waals surface area (Å²) in [6.07, 6.45) is 1.53. The van der Waals surface area contributed by atoms with Crippen molar-refractivity contribution in [1.82, 2.24) is 10.3 Å². The highest BCUT2D eigenvalue weighted by Crippen LogP contribution is 2.36. The average molecular weight is 425 g/mol. The van der Waals surface area contributed by atoms with E-state index in [9.17, 15) is 4.79 Å². The summed E-state index contributed by atoms with van der Waals surface area (Å²) < 4.78 is 16.8. The minimum absolute atomic E-state index is 0.0797. The molecule has 1 amide bonds. The van der Waals surface area contributed by atoms with Crippen LogP contribution in [0.2, 0.25) is 0 Å². The summed E-state index contributed by atoms with van der Waals surface area (Å²) in [5.41, 5.74) is 3.23. The molecule has 0 bridgehead atoms. The van der Waals surface area contributed by atoms with Gasteiger partial charge in [-0.15, -0.1) is 0 Å². The normalized spacial score (nSPS) is 14.8. The monoisotopic (exact) mass is 424 g/mol. The van der Waals surface area contributed by atoms with Gasteiger partial charge < -0.3 is 14.2 Å². The van der Waals surface area contributed by atoms with Crippen LogP contribution in [0.3, 0.4) is 0 Å². The molecule has 0 radical (unpaired) electrons. The molecule has 0 aromatic heterocycles. The quantitative estimate of drug-likeness (QED) is 0.502. The molecule has 140 valence electrons. The first-order chi connectivity index (χ1) is 12.6. The zero-order valence-electron chi connectivity index (χ0n) is 14.5. The first kappa shape index (κ1) is 20.2. The Morgan fingerprint density at radius 3 is 2.92 bits per heavy atom. The molecule has 1 fully saturated rings. The third kappa shape index (κ3) is 6.29. The largest absolute Gasteiger partial charge is 0.490 e. The summed E-state index contributed by atoms with van der Waals surface area (Å²) in [5, 5.41) is 12.7. The molecule has 0 spiro atoms. The lowest BCUT2D eigenvalue weighted by atomic mass is 10.2. The second-order valence-electron chi connectivity index (χ2n) is 5.39. The summed E-state index contributed by atoms with van der Waals surface area (Å²) >= 11 is 3.40. The Bertz CT molecular complexity index is 684. The first-order valence-electron chi connectivity index (χ1n) is 8.22. The molecule has 1 N–H and O–H groups in total. The van der Waals surface area contributed by atoms with Crippen LogP contribution in [0.15, 0.2) is 21.7 Å². The van der Waals surface area contributed by atoms with Crippen molar-refractivity contribution < 1.29 is 19.0 Å². The smallest absolute Gasteiger partial charge is 0.254 e. The van der Waals surface area contributed by atoms with E-state index in [1.54, 1.807) is 12.1 Å². The van der Waals surface area contributed by atoms with Gasteiger partial charge in [-0.25, -0.2) is 5.43 Å². The van der Waals surface area contributed by atoms with Gasteiger partial charge in [0, 0.05) is 13.1 Å². The van der Waals surface area contributed by atoms with Gasteiger partial charge in [0.2, 0.25) is 0 Å². The number of hydrogen-bond acceptors (Lipinski definition) is 7. The average Bonchev–Trinajstić information content (AvgIpc) is 2.62. The Morgan fingerprint density at radius 1 is 1.46 bits per heavy atom. The van der Waals surface area contributed by atoms with Crippen LogP contribution in [0.1, 0.15) is 12.5 Å². The standard InChI is InChI=1S/C17H21BrN4O4/c1-2-25-15-10-13(9-14(18)17(15)26-6-3-19)11-20-21-16(23)12-22-4-7-24-8-5-22/h9-11H,2,4-8,12H2,1H3,(H,21,23)/b20-11+. The van der Waals surface area contributed by atoms with Crippen molar-refractivity contribution in [2.75, 3.05) is 46.1 Å². The van der Waals surface area contributed by atoms with Gasteiger partial charge in [0.05, 0.1) is 37.1 Å².